The van der Waals surface area contributed by atoms with Crippen molar-refractivity contribution in [1.82, 2.24) is 0 Å². The number of hydrogen-bond acceptors (Lipinski definition) is 6. The first-order valence-corrected chi connectivity index (χ1v) is 10.1. The molecule has 28 heavy (non-hydrogen) atoms. The molecule has 1 fully saturated rings. The van der Waals surface area contributed by atoms with Crippen LogP contribution in [0.5, 0.6) is 17.2 Å². The van der Waals surface area contributed by atoms with Crippen molar-refractivity contribution in [3.63, 3.8) is 0 Å². The third kappa shape index (κ3) is 3.57. The van der Waals surface area contributed by atoms with Gasteiger partial charge in [-0.15, -0.1) is 0 Å². The zero-order valence-electron chi connectivity index (χ0n) is 16.6. The maximum absolute atomic E-state index is 12.8. The molecule has 2 aromatic rings. The SMILES string of the molecule is COc1cc(N2C(=O)C[S+]([O-])C2c2ccc(N(C)C)cc2)cc(OC)c1OC. The highest BCUT2D eigenvalue weighted by atomic mass is 32.2. The third-order valence-corrected chi connectivity index (χ3v) is 6.15. The molecular formula is C20H24N2O5S. The van der Waals surface area contributed by atoms with Crippen LogP contribution in [0, 0.1) is 0 Å². The molecule has 3 rings (SSSR count). The monoisotopic (exact) mass is 404 g/mol. The Morgan fingerprint density at radius 2 is 1.61 bits per heavy atom. The van der Waals surface area contributed by atoms with E-state index in [1.54, 1.807) is 17.0 Å². The van der Waals surface area contributed by atoms with E-state index in [4.69, 9.17) is 14.2 Å². The van der Waals surface area contributed by atoms with Gasteiger partial charge in [-0.3, -0.25) is 9.69 Å². The van der Waals surface area contributed by atoms with Crippen molar-refractivity contribution in [1.29, 1.82) is 0 Å². The molecule has 1 aliphatic rings. The number of rotatable bonds is 6. The quantitative estimate of drug-likeness (QED) is 0.689. The van der Waals surface area contributed by atoms with E-state index >= 15 is 0 Å². The molecule has 0 spiro atoms. The molecule has 1 aliphatic heterocycles. The average molecular weight is 404 g/mol. The van der Waals surface area contributed by atoms with Gasteiger partial charge in [0.25, 0.3) is 5.91 Å². The molecule has 0 aromatic heterocycles. The summed E-state index contributed by atoms with van der Waals surface area (Å²) < 4.78 is 28.9. The molecule has 7 nitrogen and oxygen atoms in total. The zero-order chi connectivity index (χ0) is 20.4. The van der Waals surface area contributed by atoms with Crippen molar-refractivity contribution in [2.45, 2.75) is 5.37 Å². The van der Waals surface area contributed by atoms with Crippen molar-refractivity contribution in [3.05, 3.63) is 42.0 Å². The molecule has 2 atom stereocenters. The Labute approximate surface area is 168 Å². The van der Waals surface area contributed by atoms with E-state index in [0.29, 0.717) is 22.9 Å². The number of carbonyl (C=O) groups excluding carboxylic acids is 1. The summed E-state index contributed by atoms with van der Waals surface area (Å²) in [6.07, 6.45) is 0. The minimum Gasteiger partial charge on any atom is -0.614 e. The Morgan fingerprint density at radius 3 is 2.07 bits per heavy atom. The second-order valence-corrected chi connectivity index (χ2v) is 8.01. The van der Waals surface area contributed by atoms with Crippen molar-refractivity contribution < 1.29 is 23.6 Å². The molecule has 0 aliphatic carbocycles. The molecule has 1 heterocycles. The highest BCUT2D eigenvalue weighted by molar-refractivity contribution is 7.93. The highest BCUT2D eigenvalue weighted by Gasteiger charge is 2.45. The minimum atomic E-state index is -1.36. The summed E-state index contributed by atoms with van der Waals surface area (Å²) in [5, 5.41) is -0.577. The molecule has 0 saturated carbocycles. The maximum atomic E-state index is 12.8. The van der Waals surface area contributed by atoms with Gasteiger partial charge in [-0.25, -0.2) is 0 Å². The lowest BCUT2D eigenvalue weighted by Crippen LogP contribution is -2.29. The Balaban J connectivity index is 2.07. The summed E-state index contributed by atoms with van der Waals surface area (Å²) in [5.41, 5.74) is 2.38. The van der Waals surface area contributed by atoms with E-state index in [2.05, 4.69) is 0 Å². The molecule has 0 N–H and O–H groups in total. The van der Waals surface area contributed by atoms with E-state index in [-0.39, 0.29) is 11.7 Å². The predicted octanol–water partition coefficient (Wildman–Crippen LogP) is 2.57. The van der Waals surface area contributed by atoms with E-state index in [0.717, 1.165) is 11.3 Å². The standard InChI is InChI=1S/C20H24N2O5S/c1-21(2)14-8-6-13(7-9-14)20-22(18(23)12-28(20)24)15-10-16(25-3)19(27-5)17(11-15)26-4/h6-11,20H,12H2,1-5H3. The lowest BCUT2D eigenvalue weighted by atomic mass is 10.1. The number of methoxy groups -OCH3 is 3. The molecule has 150 valence electrons. The van der Waals surface area contributed by atoms with Crippen LogP contribution in [0.3, 0.4) is 0 Å². The summed E-state index contributed by atoms with van der Waals surface area (Å²) in [5.74, 6) is 1.06. The van der Waals surface area contributed by atoms with E-state index in [1.165, 1.54) is 21.3 Å². The van der Waals surface area contributed by atoms with Gasteiger partial charge in [0, 0.05) is 37.5 Å². The number of anilines is 2. The van der Waals surface area contributed by atoms with Crippen LogP contribution in [-0.4, -0.2) is 51.6 Å². The summed E-state index contributed by atoms with van der Waals surface area (Å²) >= 11 is -1.36. The second kappa shape index (κ2) is 8.20. The topological polar surface area (TPSA) is 74.3 Å². The van der Waals surface area contributed by atoms with Gasteiger partial charge in [0.15, 0.2) is 17.3 Å². The van der Waals surface area contributed by atoms with E-state index < -0.39 is 16.5 Å². The van der Waals surface area contributed by atoms with Gasteiger partial charge in [-0.2, -0.15) is 0 Å². The van der Waals surface area contributed by atoms with Crippen LogP contribution in [-0.2, 0) is 16.0 Å². The molecule has 2 aromatic carbocycles. The van der Waals surface area contributed by atoms with Crippen molar-refractivity contribution in [2.24, 2.45) is 0 Å². The van der Waals surface area contributed by atoms with Gasteiger partial charge in [0.2, 0.25) is 11.1 Å². The van der Waals surface area contributed by atoms with Crippen molar-refractivity contribution >= 4 is 28.5 Å². The van der Waals surface area contributed by atoms with Gasteiger partial charge in [-0.1, -0.05) is 0 Å². The van der Waals surface area contributed by atoms with Crippen LogP contribution in [0.2, 0.25) is 0 Å². The van der Waals surface area contributed by atoms with Crippen LogP contribution in [0.1, 0.15) is 10.9 Å². The first kappa shape index (κ1) is 20.2. The zero-order valence-corrected chi connectivity index (χ0v) is 17.4. The number of benzene rings is 2. The van der Waals surface area contributed by atoms with Gasteiger partial charge in [0.1, 0.15) is 0 Å². The Bertz CT molecular complexity index is 831. The smallest absolute Gasteiger partial charge is 0.281 e. The van der Waals surface area contributed by atoms with Crippen LogP contribution < -0.4 is 24.0 Å². The van der Waals surface area contributed by atoms with Crippen LogP contribution in [0.15, 0.2) is 36.4 Å². The summed E-state index contributed by atoms with van der Waals surface area (Å²) in [6, 6.07) is 11.1. The van der Waals surface area contributed by atoms with Crippen LogP contribution >= 0.6 is 0 Å². The second-order valence-electron chi connectivity index (χ2n) is 6.51. The largest absolute Gasteiger partial charge is 0.614 e. The number of hydrogen-bond donors (Lipinski definition) is 0. The fourth-order valence-corrected chi connectivity index (χ4v) is 4.72. The number of ether oxygens (including phenoxy) is 3. The van der Waals surface area contributed by atoms with Crippen molar-refractivity contribution in [2.75, 3.05) is 51.0 Å². The van der Waals surface area contributed by atoms with Crippen LogP contribution in [0.25, 0.3) is 0 Å². The predicted molar refractivity (Wildman–Crippen MR) is 110 cm³/mol. The molecule has 2 unspecified atom stereocenters. The highest BCUT2D eigenvalue weighted by Crippen LogP contribution is 2.45. The fourth-order valence-electron chi connectivity index (χ4n) is 3.24. The molecule has 1 amide bonds. The van der Waals surface area contributed by atoms with Gasteiger partial charge < -0.3 is 23.7 Å². The first-order valence-electron chi connectivity index (χ1n) is 8.67. The minimum absolute atomic E-state index is 0.0310. The molecule has 1 saturated heterocycles. The molecule has 0 bridgehead atoms. The van der Waals surface area contributed by atoms with Gasteiger partial charge in [-0.05, 0) is 35.4 Å². The number of amides is 1. The average Bonchev–Trinajstić information content (AvgIpc) is 3.00. The molecule has 8 heteroatoms. The maximum Gasteiger partial charge on any atom is 0.281 e. The first-order chi connectivity index (χ1) is 13.4. The summed E-state index contributed by atoms with van der Waals surface area (Å²) in [6.45, 7) is 0. The third-order valence-electron chi connectivity index (χ3n) is 4.64. The van der Waals surface area contributed by atoms with E-state index in [9.17, 15) is 9.35 Å². The molecular weight excluding hydrogens is 380 g/mol. The lowest BCUT2D eigenvalue weighted by Gasteiger charge is -2.25. The van der Waals surface area contributed by atoms with Crippen molar-refractivity contribution in [3.8, 4) is 17.2 Å². The van der Waals surface area contributed by atoms with Gasteiger partial charge >= 0.3 is 0 Å². The Morgan fingerprint density at radius 1 is 1.04 bits per heavy atom. The molecule has 0 radical (unpaired) electrons. The number of carbonyl (C=O) groups is 1. The summed E-state index contributed by atoms with van der Waals surface area (Å²) in [7, 11) is 8.46. The van der Waals surface area contributed by atoms with Crippen LogP contribution in [0.4, 0.5) is 11.4 Å². The fraction of sp³-hybridized carbons (Fsp3) is 0.350. The Hall–Kier alpha value is -2.58. The van der Waals surface area contributed by atoms with Gasteiger partial charge in [0.05, 0.1) is 27.0 Å². The van der Waals surface area contributed by atoms with E-state index in [1.807, 2.05) is 43.3 Å². The summed E-state index contributed by atoms with van der Waals surface area (Å²) in [4.78, 5) is 16.2. The Kier molecular flexibility index (Phi) is 5.90. The number of nitrogens with zero attached hydrogens (tertiary/aromatic N) is 2. The normalized spacial score (nSPS) is 18.9. The lowest BCUT2D eigenvalue weighted by molar-refractivity contribution is -0.115.